The minimum absolute atomic E-state index is 0.0127. The number of carbonyl (C=O) groups excluding carboxylic acids is 3. The molecule has 142 valence electrons. The smallest absolute Gasteiger partial charge is 0.329 e. The van der Waals surface area contributed by atoms with Crippen LogP contribution in [-0.4, -0.2) is 55.7 Å². The zero-order valence-corrected chi connectivity index (χ0v) is 15.7. The Labute approximate surface area is 155 Å². The highest BCUT2D eigenvalue weighted by Crippen LogP contribution is 2.30. The van der Waals surface area contributed by atoms with Crippen LogP contribution in [0.4, 0.5) is 5.69 Å². The van der Waals surface area contributed by atoms with Crippen LogP contribution in [0.3, 0.4) is 0 Å². The lowest BCUT2D eigenvalue weighted by Gasteiger charge is -2.27. The normalized spacial score (nSPS) is 19.3. The molecule has 1 aromatic carbocycles. The molecule has 0 unspecified atom stereocenters. The third-order valence-corrected chi connectivity index (χ3v) is 5.01. The number of esters is 1. The largest absolute Gasteiger partial charge is 0.497 e. The molecule has 0 saturated carbocycles. The van der Waals surface area contributed by atoms with Crippen LogP contribution < -0.4 is 20.1 Å². The number of benzene rings is 1. The summed E-state index contributed by atoms with van der Waals surface area (Å²) < 4.78 is 15.2. The number of hydrogen-bond acceptors (Lipinski definition) is 7. The number of nitrogens with one attached hydrogen (secondary N) is 2. The monoisotopic (exact) mass is 382 g/mol. The number of carbonyl (C=O) groups is 3. The molecule has 1 aliphatic heterocycles. The lowest BCUT2D eigenvalue weighted by atomic mass is 10.2. The molecular weight excluding hydrogens is 360 g/mol. The average Bonchev–Trinajstić information content (AvgIpc) is 2.63. The average molecular weight is 382 g/mol. The summed E-state index contributed by atoms with van der Waals surface area (Å²) in [6.07, 6.45) is -0.0127. The van der Waals surface area contributed by atoms with Gasteiger partial charge in [-0.25, -0.2) is 4.79 Å². The Balaban J connectivity index is 1.92. The summed E-state index contributed by atoms with van der Waals surface area (Å²) in [4.78, 5) is 36.1. The second kappa shape index (κ2) is 9.33. The van der Waals surface area contributed by atoms with Gasteiger partial charge in [0, 0.05) is 18.2 Å². The first kappa shape index (κ1) is 19.9. The highest BCUT2D eigenvalue weighted by molar-refractivity contribution is 8.00. The standard InChI is InChI=1S/C17H22N2O6S/c1-4-25-17(22)12-9-26-14(16(21)19-12)8-15(20)18-11-6-5-10(23-2)7-13(11)24-3/h5-7,12,14H,4,8-9H2,1-3H3,(H,18,20)(H,19,21)/t12-,14-/m1/s1. The van der Waals surface area contributed by atoms with E-state index in [1.807, 2.05) is 0 Å². The van der Waals surface area contributed by atoms with Gasteiger partial charge in [0.05, 0.1) is 31.8 Å². The van der Waals surface area contributed by atoms with E-state index in [1.54, 1.807) is 25.1 Å². The minimum Gasteiger partial charge on any atom is -0.497 e. The van der Waals surface area contributed by atoms with Crippen molar-refractivity contribution in [1.82, 2.24) is 5.32 Å². The maximum Gasteiger partial charge on any atom is 0.329 e. The highest BCUT2D eigenvalue weighted by atomic mass is 32.2. The lowest BCUT2D eigenvalue weighted by Crippen LogP contribution is -2.51. The first-order valence-corrected chi connectivity index (χ1v) is 9.13. The Hall–Kier alpha value is -2.42. The third-order valence-electron chi connectivity index (χ3n) is 3.70. The van der Waals surface area contributed by atoms with Crippen molar-refractivity contribution in [1.29, 1.82) is 0 Å². The predicted molar refractivity (Wildman–Crippen MR) is 97.6 cm³/mol. The van der Waals surface area contributed by atoms with Gasteiger partial charge in [-0.05, 0) is 19.1 Å². The van der Waals surface area contributed by atoms with Gasteiger partial charge < -0.3 is 24.8 Å². The first-order chi connectivity index (χ1) is 12.5. The second-order valence-electron chi connectivity index (χ2n) is 5.45. The fourth-order valence-corrected chi connectivity index (χ4v) is 3.52. The molecule has 2 rings (SSSR count). The molecule has 1 aliphatic rings. The molecule has 1 heterocycles. The van der Waals surface area contributed by atoms with E-state index in [0.717, 1.165) is 0 Å². The summed E-state index contributed by atoms with van der Waals surface area (Å²) in [6.45, 7) is 1.96. The SMILES string of the molecule is CCOC(=O)[C@H]1CS[C@H](CC(=O)Nc2ccc(OC)cc2OC)C(=O)N1. The van der Waals surface area contributed by atoms with Crippen molar-refractivity contribution in [3.8, 4) is 11.5 Å². The summed E-state index contributed by atoms with van der Waals surface area (Å²) in [6, 6.07) is 4.35. The zero-order valence-electron chi connectivity index (χ0n) is 14.9. The van der Waals surface area contributed by atoms with E-state index in [2.05, 4.69) is 10.6 Å². The molecule has 2 N–H and O–H groups in total. The first-order valence-electron chi connectivity index (χ1n) is 8.09. The minimum atomic E-state index is -0.673. The molecule has 0 radical (unpaired) electrons. The lowest BCUT2D eigenvalue weighted by molar-refractivity contribution is -0.146. The summed E-state index contributed by atoms with van der Waals surface area (Å²) >= 11 is 1.26. The third kappa shape index (κ3) is 5.04. The topological polar surface area (TPSA) is 103 Å². The number of hydrogen-bond donors (Lipinski definition) is 2. The molecule has 1 saturated heterocycles. The number of anilines is 1. The van der Waals surface area contributed by atoms with Crippen molar-refractivity contribution in [3.05, 3.63) is 18.2 Å². The molecule has 9 heteroatoms. The van der Waals surface area contributed by atoms with Gasteiger partial charge in [0.15, 0.2) is 0 Å². The van der Waals surface area contributed by atoms with Gasteiger partial charge in [-0.3, -0.25) is 9.59 Å². The predicted octanol–water partition coefficient (Wildman–Crippen LogP) is 1.20. The van der Waals surface area contributed by atoms with Gasteiger partial charge in [0.25, 0.3) is 0 Å². The molecular formula is C17H22N2O6S. The quantitative estimate of drug-likeness (QED) is 0.683. The van der Waals surface area contributed by atoms with Crippen molar-refractivity contribution in [2.45, 2.75) is 24.6 Å². The van der Waals surface area contributed by atoms with Crippen LogP contribution in [0.2, 0.25) is 0 Å². The summed E-state index contributed by atoms with van der Waals surface area (Å²) in [5.41, 5.74) is 0.490. The fraction of sp³-hybridized carbons (Fsp3) is 0.471. The van der Waals surface area contributed by atoms with Gasteiger partial charge in [0.1, 0.15) is 17.5 Å². The molecule has 0 aliphatic carbocycles. The van der Waals surface area contributed by atoms with Crippen molar-refractivity contribution in [2.24, 2.45) is 0 Å². The molecule has 26 heavy (non-hydrogen) atoms. The Morgan fingerprint density at radius 2 is 2.08 bits per heavy atom. The Kier molecular flexibility index (Phi) is 7.14. The van der Waals surface area contributed by atoms with Crippen LogP contribution in [-0.2, 0) is 19.1 Å². The van der Waals surface area contributed by atoms with Crippen molar-refractivity contribution in [2.75, 3.05) is 31.9 Å². The summed E-state index contributed by atoms with van der Waals surface area (Å²) in [5, 5.41) is 4.77. The Bertz CT molecular complexity index is 681. The van der Waals surface area contributed by atoms with Crippen molar-refractivity contribution in [3.63, 3.8) is 0 Å². The van der Waals surface area contributed by atoms with E-state index in [0.29, 0.717) is 22.9 Å². The molecule has 1 fully saturated rings. The number of methoxy groups -OCH3 is 2. The summed E-state index contributed by atoms with van der Waals surface area (Å²) in [5.74, 6) is 0.299. The van der Waals surface area contributed by atoms with Crippen LogP contribution >= 0.6 is 11.8 Å². The molecule has 0 bridgehead atoms. The van der Waals surface area contributed by atoms with E-state index in [-0.39, 0.29) is 24.8 Å². The molecule has 0 spiro atoms. The number of rotatable bonds is 7. The molecule has 2 amide bonds. The molecule has 0 aromatic heterocycles. The molecule has 2 atom stereocenters. The van der Waals surface area contributed by atoms with E-state index in [9.17, 15) is 14.4 Å². The Morgan fingerprint density at radius 3 is 2.69 bits per heavy atom. The van der Waals surface area contributed by atoms with E-state index in [4.69, 9.17) is 14.2 Å². The highest BCUT2D eigenvalue weighted by Gasteiger charge is 2.34. The maximum absolute atomic E-state index is 12.3. The van der Waals surface area contributed by atoms with Gasteiger partial charge in [-0.1, -0.05) is 0 Å². The van der Waals surface area contributed by atoms with Crippen LogP contribution in [0, 0.1) is 0 Å². The molecule has 1 aromatic rings. The van der Waals surface area contributed by atoms with Crippen LogP contribution in [0.25, 0.3) is 0 Å². The summed E-state index contributed by atoms with van der Waals surface area (Å²) in [7, 11) is 3.03. The van der Waals surface area contributed by atoms with Crippen LogP contribution in [0.5, 0.6) is 11.5 Å². The van der Waals surface area contributed by atoms with Crippen LogP contribution in [0.1, 0.15) is 13.3 Å². The maximum atomic E-state index is 12.3. The second-order valence-corrected chi connectivity index (χ2v) is 6.69. The fourth-order valence-electron chi connectivity index (χ4n) is 2.39. The van der Waals surface area contributed by atoms with Crippen molar-refractivity contribution >= 4 is 35.2 Å². The van der Waals surface area contributed by atoms with E-state index in [1.165, 1.54) is 26.0 Å². The van der Waals surface area contributed by atoms with Crippen molar-refractivity contribution < 1.29 is 28.6 Å². The van der Waals surface area contributed by atoms with Gasteiger partial charge >= 0.3 is 5.97 Å². The van der Waals surface area contributed by atoms with E-state index < -0.39 is 17.3 Å². The number of ether oxygens (including phenoxy) is 3. The Morgan fingerprint density at radius 1 is 1.31 bits per heavy atom. The molecule has 8 nitrogen and oxygen atoms in total. The van der Waals surface area contributed by atoms with E-state index >= 15 is 0 Å². The number of thioether (sulfide) groups is 1. The zero-order chi connectivity index (χ0) is 19.1. The van der Waals surface area contributed by atoms with Gasteiger partial charge in [-0.2, -0.15) is 0 Å². The number of amides is 2. The van der Waals surface area contributed by atoms with Gasteiger partial charge in [-0.15, -0.1) is 11.8 Å². The van der Waals surface area contributed by atoms with Gasteiger partial charge in [0.2, 0.25) is 11.8 Å². The van der Waals surface area contributed by atoms with Crippen LogP contribution in [0.15, 0.2) is 18.2 Å².